The minimum absolute atomic E-state index is 0.233. The monoisotopic (exact) mass is 312 g/mol. The van der Waals surface area contributed by atoms with Gasteiger partial charge in [0.2, 0.25) is 0 Å². The summed E-state index contributed by atoms with van der Waals surface area (Å²) >= 11 is 0. The molecule has 2 rings (SSSR count). The maximum Gasteiger partial charge on any atom is 0.337 e. The Morgan fingerprint density at radius 2 is 1.86 bits per heavy atom. The van der Waals surface area contributed by atoms with E-state index < -0.39 is 41.6 Å². The van der Waals surface area contributed by atoms with Gasteiger partial charge in [0.15, 0.2) is 11.6 Å². The summed E-state index contributed by atoms with van der Waals surface area (Å²) in [4.78, 5) is 35.2. The number of nitrogens with one attached hydrogen (secondary N) is 1. The van der Waals surface area contributed by atoms with Crippen LogP contribution < -0.4 is 5.32 Å². The Bertz CT molecular complexity index is 702. The number of nitrogens with zero attached hydrogens (tertiary/aromatic N) is 1. The molecule has 1 aliphatic rings. The van der Waals surface area contributed by atoms with Crippen LogP contribution in [0.4, 0.5) is 14.5 Å². The quantitative estimate of drug-likeness (QED) is 0.676. The molecule has 0 radical (unpaired) electrons. The average Bonchev–Trinajstić information content (AvgIpc) is 2.70. The van der Waals surface area contributed by atoms with Gasteiger partial charge in [-0.2, -0.15) is 0 Å². The number of aromatic carboxylic acids is 1. The number of hydrogen-bond acceptors (Lipinski definition) is 5. The summed E-state index contributed by atoms with van der Waals surface area (Å²) < 4.78 is 26.3. The Labute approximate surface area is 122 Å². The highest BCUT2D eigenvalue weighted by molar-refractivity contribution is 6.17. The van der Waals surface area contributed by atoms with Crippen molar-refractivity contribution in [3.8, 4) is 0 Å². The number of rotatable bonds is 5. The second kappa shape index (κ2) is 5.90. The minimum Gasteiger partial charge on any atom is -0.478 e. The Hall–Kier alpha value is -2.81. The molecular weight excluding hydrogens is 302 g/mol. The molecule has 0 spiro atoms. The summed E-state index contributed by atoms with van der Waals surface area (Å²) in [6.07, 6.45) is 0.880. The van der Waals surface area contributed by atoms with Gasteiger partial charge in [-0.3, -0.25) is 14.5 Å². The van der Waals surface area contributed by atoms with Crippen LogP contribution in [0.25, 0.3) is 0 Å². The standard InChI is InChI=1S/C13H10F2N2O5/c14-7-3-6(13(21)22)9(4-8(7)15)16-10-5-11(19)17(1-2-18)12(10)20/h3-5,16,18H,1-2H2,(H,21,22). The summed E-state index contributed by atoms with van der Waals surface area (Å²) in [6, 6.07) is 1.04. The molecule has 0 atom stereocenters. The van der Waals surface area contributed by atoms with Gasteiger partial charge in [-0.05, 0) is 6.07 Å². The predicted molar refractivity (Wildman–Crippen MR) is 68.8 cm³/mol. The van der Waals surface area contributed by atoms with Crippen LogP contribution >= 0.6 is 0 Å². The zero-order valence-electron chi connectivity index (χ0n) is 11.0. The number of aliphatic hydroxyl groups is 1. The van der Waals surface area contributed by atoms with Crippen molar-refractivity contribution in [1.29, 1.82) is 0 Å². The fourth-order valence-corrected chi connectivity index (χ4v) is 1.88. The van der Waals surface area contributed by atoms with E-state index in [1.165, 1.54) is 0 Å². The first-order valence-electron chi connectivity index (χ1n) is 6.03. The van der Waals surface area contributed by atoms with Crippen molar-refractivity contribution in [2.75, 3.05) is 18.5 Å². The smallest absolute Gasteiger partial charge is 0.337 e. The normalized spacial score (nSPS) is 14.3. The Morgan fingerprint density at radius 3 is 2.45 bits per heavy atom. The third kappa shape index (κ3) is 2.79. The molecule has 1 aliphatic heterocycles. The van der Waals surface area contributed by atoms with Gasteiger partial charge in [-0.25, -0.2) is 13.6 Å². The van der Waals surface area contributed by atoms with Gasteiger partial charge >= 0.3 is 5.97 Å². The third-order valence-electron chi connectivity index (χ3n) is 2.89. The van der Waals surface area contributed by atoms with Crippen LogP contribution in [-0.2, 0) is 9.59 Å². The van der Waals surface area contributed by atoms with Crippen LogP contribution in [0.2, 0.25) is 0 Å². The molecule has 22 heavy (non-hydrogen) atoms. The summed E-state index contributed by atoms with van der Waals surface area (Å²) in [5.41, 5.74) is -1.27. The van der Waals surface area contributed by atoms with Crippen LogP contribution in [0.15, 0.2) is 23.9 Å². The van der Waals surface area contributed by atoms with Crippen LogP contribution in [-0.4, -0.2) is 46.0 Å². The molecule has 0 saturated heterocycles. The molecule has 7 nitrogen and oxygen atoms in total. The van der Waals surface area contributed by atoms with E-state index in [1.54, 1.807) is 0 Å². The summed E-state index contributed by atoms with van der Waals surface area (Å²) in [5.74, 6) is -5.71. The molecule has 0 fully saturated rings. The van der Waals surface area contributed by atoms with Gasteiger partial charge in [0.1, 0.15) is 5.70 Å². The Kier molecular flexibility index (Phi) is 4.18. The van der Waals surface area contributed by atoms with Gasteiger partial charge in [0, 0.05) is 12.1 Å². The lowest BCUT2D eigenvalue weighted by Crippen LogP contribution is -2.34. The Balaban J connectivity index is 2.34. The number of hydrogen-bond donors (Lipinski definition) is 3. The molecule has 2 amide bonds. The van der Waals surface area contributed by atoms with Gasteiger partial charge < -0.3 is 15.5 Å². The van der Waals surface area contributed by atoms with Crippen molar-refractivity contribution in [3.63, 3.8) is 0 Å². The number of β-amino-alcohol motifs (C(OH)–C–C–N with tert-alkyl or cyclic N) is 1. The first kappa shape index (κ1) is 15.6. The fraction of sp³-hybridized carbons (Fsp3) is 0.154. The van der Waals surface area contributed by atoms with E-state index in [2.05, 4.69) is 5.32 Å². The fourth-order valence-electron chi connectivity index (χ4n) is 1.88. The molecule has 3 N–H and O–H groups in total. The molecule has 0 unspecified atom stereocenters. The second-order valence-corrected chi connectivity index (χ2v) is 4.32. The van der Waals surface area contributed by atoms with E-state index in [1.807, 2.05) is 0 Å². The number of carboxylic acids is 1. The lowest BCUT2D eigenvalue weighted by Gasteiger charge is -2.14. The van der Waals surface area contributed by atoms with Crippen molar-refractivity contribution < 1.29 is 33.4 Å². The lowest BCUT2D eigenvalue weighted by molar-refractivity contribution is -0.137. The molecule has 1 aromatic carbocycles. The highest BCUT2D eigenvalue weighted by atomic mass is 19.2. The summed E-state index contributed by atoms with van der Waals surface area (Å²) in [6.45, 7) is -0.674. The topological polar surface area (TPSA) is 107 Å². The van der Waals surface area contributed by atoms with E-state index in [0.717, 1.165) is 11.0 Å². The molecule has 0 aliphatic carbocycles. The number of halogens is 2. The molecule has 0 bridgehead atoms. The first-order valence-corrected chi connectivity index (χ1v) is 6.03. The first-order chi connectivity index (χ1) is 10.3. The molecular formula is C13H10F2N2O5. The van der Waals surface area contributed by atoms with Crippen molar-refractivity contribution >= 4 is 23.5 Å². The van der Waals surface area contributed by atoms with E-state index in [4.69, 9.17) is 10.2 Å². The van der Waals surface area contributed by atoms with Gasteiger partial charge in [-0.1, -0.05) is 0 Å². The number of amides is 2. The molecule has 116 valence electrons. The SMILES string of the molecule is O=C(O)c1cc(F)c(F)cc1NC1=CC(=O)N(CCO)C1=O. The summed E-state index contributed by atoms with van der Waals surface area (Å²) in [5, 5.41) is 20.0. The number of carboxylic acid groups (broad SMARTS) is 1. The zero-order chi connectivity index (χ0) is 16.4. The molecule has 0 saturated carbocycles. The maximum absolute atomic E-state index is 13.2. The molecule has 9 heteroatoms. The molecule has 0 aromatic heterocycles. The van der Waals surface area contributed by atoms with E-state index in [-0.39, 0.29) is 17.9 Å². The number of carbonyl (C=O) groups excluding carboxylic acids is 2. The number of aliphatic hydroxyl groups excluding tert-OH is 1. The van der Waals surface area contributed by atoms with Crippen molar-refractivity contribution in [3.05, 3.63) is 41.1 Å². The van der Waals surface area contributed by atoms with E-state index in [0.29, 0.717) is 12.1 Å². The van der Waals surface area contributed by atoms with E-state index >= 15 is 0 Å². The van der Waals surface area contributed by atoms with Crippen LogP contribution in [0.3, 0.4) is 0 Å². The van der Waals surface area contributed by atoms with Crippen molar-refractivity contribution in [2.24, 2.45) is 0 Å². The maximum atomic E-state index is 13.2. The van der Waals surface area contributed by atoms with E-state index in [9.17, 15) is 23.2 Å². The lowest BCUT2D eigenvalue weighted by atomic mass is 10.1. The summed E-state index contributed by atoms with van der Waals surface area (Å²) in [7, 11) is 0. The Morgan fingerprint density at radius 1 is 1.23 bits per heavy atom. The van der Waals surface area contributed by atoms with Crippen molar-refractivity contribution in [1.82, 2.24) is 4.90 Å². The highest BCUT2D eigenvalue weighted by Gasteiger charge is 2.31. The second-order valence-electron chi connectivity index (χ2n) is 4.32. The third-order valence-corrected chi connectivity index (χ3v) is 2.89. The highest BCUT2D eigenvalue weighted by Crippen LogP contribution is 2.23. The minimum atomic E-state index is -1.54. The van der Waals surface area contributed by atoms with Gasteiger partial charge in [-0.15, -0.1) is 0 Å². The molecule has 1 aromatic rings. The van der Waals surface area contributed by atoms with Crippen molar-refractivity contribution in [2.45, 2.75) is 0 Å². The number of anilines is 1. The van der Waals surface area contributed by atoms with Gasteiger partial charge in [0.25, 0.3) is 11.8 Å². The average molecular weight is 312 g/mol. The number of benzene rings is 1. The van der Waals surface area contributed by atoms with Crippen LogP contribution in [0.1, 0.15) is 10.4 Å². The van der Waals surface area contributed by atoms with Crippen LogP contribution in [0.5, 0.6) is 0 Å². The van der Waals surface area contributed by atoms with Crippen LogP contribution in [0, 0.1) is 11.6 Å². The van der Waals surface area contributed by atoms with Gasteiger partial charge in [0.05, 0.1) is 24.4 Å². The molecule has 1 heterocycles. The predicted octanol–water partition coefficient (Wildman–Crippen LogP) is 0.320. The largest absolute Gasteiger partial charge is 0.478 e. The number of carbonyl (C=O) groups is 3. The number of imide groups is 1. The zero-order valence-corrected chi connectivity index (χ0v) is 11.0.